The van der Waals surface area contributed by atoms with Crippen LogP contribution >= 0.6 is 11.6 Å². The van der Waals surface area contributed by atoms with E-state index in [0.29, 0.717) is 23.8 Å². The summed E-state index contributed by atoms with van der Waals surface area (Å²) in [5.74, 6) is -0.102. The van der Waals surface area contributed by atoms with Crippen molar-refractivity contribution >= 4 is 17.6 Å². The van der Waals surface area contributed by atoms with Gasteiger partial charge in [-0.2, -0.15) is 0 Å². The highest BCUT2D eigenvalue weighted by atomic mass is 35.5. The number of aliphatic carboxylic acids is 1. The van der Waals surface area contributed by atoms with Crippen LogP contribution in [0.2, 0.25) is 5.02 Å². The van der Waals surface area contributed by atoms with Crippen LogP contribution in [0, 0.1) is 0 Å². The van der Waals surface area contributed by atoms with E-state index in [-0.39, 0.29) is 6.42 Å². The number of halogens is 1. The first-order chi connectivity index (χ1) is 8.13. The molecule has 0 heterocycles. The summed E-state index contributed by atoms with van der Waals surface area (Å²) < 4.78 is 5.49. The maximum Gasteiger partial charge on any atom is 0.303 e. The van der Waals surface area contributed by atoms with Crippen molar-refractivity contribution in [3.63, 3.8) is 0 Å². The molecule has 4 heteroatoms. The number of unbranched alkanes of at least 4 members (excludes halogenated alkanes) is 1. The predicted octanol–water partition coefficient (Wildman–Crippen LogP) is 3.54. The number of carboxylic acids is 1. The minimum absolute atomic E-state index is 0.186. The zero-order valence-electron chi connectivity index (χ0n) is 9.91. The molecule has 0 unspecified atom stereocenters. The lowest BCUT2D eigenvalue weighted by atomic mass is 10.2. The molecule has 0 aliphatic rings. The van der Waals surface area contributed by atoms with E-state index < -0.39 is 5.97 Å². The lowest BCUT2D eigenvalue weighted by Crippen LogP contribution is -2.00. The van der Waals surface area contributed by atoms with Crippen LogP contribution in [-0.4, -0.2) is 17.7 Å². The number of ether oxygens (including phenoxy) is 1. The van der Waals surface area contributed by atoms with Crippen molar-refractivity contribution in [2.24, 2.45) is 0 Å². The second-order valence-corrected chi connectivity index (χ2v) is 4.22. The molecule has 1 aromatic rings. The summed E-state index contributed by atoms with van der Waals surface area (Å²) in [4.78, 5) is 10.3. The number of rotatable bonds is 7. The van der Waals surface area contributed by atoms with Gasteiger partial charge in [-0.25, -0.2) is 0 Å². The average Bonchev–Trinajstić information content (AvgIpc) is 2.30. The molecule has 0 aromatic heterocycles. The van der Waals surface area contributed by atoms with Crippen LogP contribution in [-0.2, 0) is 11.2 Å². The molecule has 94 valence electrons. The van der Waals surface area contributed by atoms with Gasteiger partial charge in [-0.05, 0) is 37.0 Å². The van der Waals surface area contributed by atoms with Gasteiger partial charge in [0.1, 0.15) is 5.75 Å². The molecule has 0 aliphatic heterocycles. The zero-order chi connectivity index (χ0) is 12.7. The zero-order valence-corrected chi connectivity index (χ0v) is 10.7. The SMILES string of the molecule is CCc1ccc(OCCCCC(=O)O)c(Cl)c1. The van der Waals surface area contributed by atoms with Crippen molar-refractivity contribution in [2.45, 2.75) is 32.6 Å². The van der Waals surface area contributed by atoms with Gasteiger partial charge in [0.2, 0.25) is 0 Å². The molecule has 0 saturated heterocycles. The average molecular weight is 257 g/mol. The van der Waals surface area contributed by atoms with Crippen molar-refractivity contribution in [3.05, 3.63) is 28.8 Å². The van der Waals surface area contributed by atoms with E-state index in [4.69, 9.17) is 21.4 Å². The van der Waals surface area contributed by atoms with Crippen LogP contribution in [0.5, 0.6) is 5.75 Å². The third-order valence-electron chi connectivity index (χ3n) is 2.45. The summed E-state index contributed by atoms with van der Waals surface area (Å²) in [6, 6.07) is 5.74. The molecule has 0 fully saturated rings. The Hall–Kier alpha value is -1.22. The highest BCUT2D eigenvalue weighted by Gasteiger charge is 2.02. The Morgan fingerprint density at radius 1 is 1.41 bits per heavy atom. The molecule has 0 spiro atoms. The van der Waals surface area contributed by atoms with Crippen molar-refractivity contribution in [2.75, 3.05) is 6.61 Å². The molecule has 0 radical (unpaired) electrons. The minimum Gasteiger partial charge on any atom is -0.492 e. The Kier molecular flexibility index (Phi) is 5.84. The molecule has 1 rings (SSSR count). The van der Waals surface area contributed by atoms with Crippen molar-refractivity contribution in [1.82, 2.24) is 0 Å². The second-order valence-electron chi connectivity index (χ2n) is 3.82. The molecule has 0 aliphatic carbocycles. The van der Waals surface area contributed by atoms with Crippen LogP contribution in [0.3, 0.4) is 0 Å². The highest BCUT2D eigenvalue weighted by molar-refractivity contribution is 6.32. The maximum absolute atomic E-state index is 10.3. The minimum atomic E-state index is -0.768. The second kappa shape index (κ2) is 7.17. The van der Waals surface area contributed by atoms with E-state index >= 15 is 0 Å². The van der Waals surface area contributed by atoms with Crippen LogP contribution in [0.15, 0.2) is 18.2 Å². The Morgan fingerprint density at radius 3 is 2.76 bits per heavy atom. The van der Waals surface area contributed by atoms with Gasteiger partial charge in [-0.1, -0.05) is 24.6 Å². The molecule has 0 bridgehead atoms. The molecule has 17 heavy (non-hydrogen) atoms. The van der Waals surface area contributed by atoms with Crippen molar-refractivity contribution < 1.29 is 14.6 Å². The number of aryl methyl sites for hydroxylation is 1. The van der Waals surface area contributed by atoms with Crippen LogP contribution in [0.1, 0.15) is 31.7 Å². The fourth-order valence-electron chi connectivity index (χ4n) is 1.44. The molecule has 0 atom stereocenters. The lowest BCUT2D eigenvalue weighted by Gasteiger charge is -2.08. The highest BCUT2D eigenvalue weighted by Crippen LogP contribution is 2.25. The molecular formula is C13H17ClO3. The number of carboxylic acid groups (broad SMARTS) is 1. The van der Waals surface area contributed by atoms with Crippen molar-refractivity contribution in [3.8, 4) is 5.75 Å². The Labute approximate surface area is 106 Å². The molecule has 0 amide bonds. The third-order valence-corrected chi connectivity index (χ3v) is 2.74. The fraction of sp³-hybridized carbons (Fsp3) is 0.462. The topological polar surface area (TPSA) is 46.5 Å². The van der Waals surface area contributed by atoms with Crippen molar-refractivity contribution in [1.29, 1.82) is 0 Å². The Bertz CT molecular complexity index is 377. The maximum atomic E-state index is 10.3. The molecule has 1 aromatic carbocycles. The molecule has 3 nitrogen and oxygen atoms in total. The predicted molar refractivity (Wildman–Crippen MR) is 67.8 cm³/mol. The van der Waals surface area contributed by atoms with Gasteiger partial charge < -0.3 is 9.84 Å². The number of carbonyl (C=O) groups is 1. The summed E-state index contributed by atoms with van der Waals surface area (Å²) in [6.07, 6.45) is 2.47. The van der Waals surface area contributed by atoms with E-state index in [1.165, 1.54) is 5.56 Å². The van der Waals surface area contributed by atoms with E-state index in [0.717, 1.165) is 12.8 Å². The van der Waals surface area contributed by atoms with Crippen LogP contribution < -0.4 is 4.74 Å². The summed E-state index contributed by atoms with van der Waals surface area (Å²) >= 11 is 6.05. The summed E-state index contributed by atoms with van der Waals surface area (Å²) in [6.45, 7) is 2.57. The van der Waals surface area contributed by atoms with Crippen LogP contribution in [0.4, 0.5) is 0 Å². The smallest absolute Gasteiger partial charge is 0.303 e. The van der Waals surface area contributed by atoms with E-state index in [1.807, 2.05) is 18.2 Å². The summed E-state index contributed by atoms with van der Waals surface area (Å²) in [7, 11) is 0. The third kappa shape index (κ3) is 5.09. The lowest BCUT2D eigenvalue weighted by molar-refractivity contribution is -0.137. The quantitative estimate of drug-likeness (QED) is 0.759. The van der Waals surface area contributed by atoms with Gasteiger partial charge in [0.05, 0.1) is 11.6 Å². The van der Waals surface area contributed by atoms with Gasteiger partial charge >= 0.3 is 5.97 Å². The normalized spacial score (nSPS) is 10.2. The Balaban J connectivity index is 2.34. The molecular weight excluding hydrogens is 240 g/mol. The first-order valence-corrected chi connectivity index (χ1v) is 6.14. The first-order valence-electron chi connectivity index (χ1n) is 5.76. The first kappa shape index (κ1) is 13.8. The van der Waals surface area contributed by atoms with E-state index in [2.05, 4.69) is 6.92 Å². The van der Waals surface area contributed by atoms with Gasteiger partial charge in [0.15, 0.2) is 0 Å². The number of hydrogen-bond acceptors (Lipinski definition) is 2. The largest absolute Gasteiger partial charge is 0.492 e. The van der Waals surface area contributed by atoms with Gasteiger partial charge in [0.25, 0.3) is 0 Å². The van der Waals surface area contributed by atoms with E-state index in [9.17, 15) is 4.79 Å². The van der Waals surface area contributed by atoms with Gasteiger partial charge in [-0.3, -0.25) is 4.79 Å². The fourth-order valence-corrected chi connectivity index (χ4v) is 1.70. The molecule has 0 saturated carbocycles. The monoisotopic (exact) mass is 256 g/mol. The van der Waals surface area contributed by atoms with E-state index in [1.54, 1.807) is 0 Å². The Morgan fingerprint density at radius 2 is 2.18 bits per heavy atom. The number of benzene rings is 1. The summed E-state index contributed by atoms with van der Waals surface area (Å²) in [5, 5.41) is 9.08. The summed E-state index contributed by atoms with van der Waals surface area (Å²) in [5.41, 5.74) is 1.17. The van der Waals surface area contributed by atoms with Gasteiger partial charge in [0, 0.05) is 6.42 Å². The van der Waals surface area contributed by atoms with Crippen LogP contribution in [0.25, 0.3) is 0 Å². The van der Waals surface area contributed by atoms with Gasteiger partial charge in [-0.15, -0.1) is 0 Å². The molecule has 1 N–H and O–H groups in total. The standard InChI is InChI=1S/C13H17ClO3/c1-2-10-6-7-12(11(14)9-10)17-8-4-3-5-13(15)16/h6-7,9H,2-5,8H2,1H3,(H,15,16). The number of hydrogen-bond donors (Lipinski definition) is 1.